The Labute approximate surface area is 135 Å². The van der Waals surface area contributed by atoms with E-state index in [1.165, 1.54) is 37.0 Å². The molecule has 1 aliphatic carbocycles. The highest BCUT2D eigenvalue weighted by atomic mass is 79.9. The molecule has 4 heteroatoms. The molecule has 2 rings (SSSR count). The van der Waals surface area contributed by atoms with Crippen LogP contribution in [0.4, 0.5) is 0 Å². The van der Waals surface area contributed by atoms with Gasteiger partial charge in [0.2, 0.25) is 0 Å². The summed E-state index contributed by atoms with van der Waals surface area (Å²) < 4.78 is 6.32. The monoisotopic (exact) mass is 357 g/mol. The molecule has 1 aliphatic rings. The second kappa shape index (κ2) is 8.30. The van der Waals surface area contributed by atoms with Crippen LogP contribution in [0.2, 0.25) is 0 Å². The first-order valence-electron chi connectivity index (χ1n) is 7.34. The molecule has 1 fully saturated rings. The first-order valence-corrected chi connectivity index (χ1v) is 9.18. The highest BCUT2D eigenvalue weighted by Crippen LogP contribution is 2.30. The van der Waals surface area contributed by atoms with Gasteiger partial charge in [-0.05, 0) is 59.9 Å². The molecule has 20 heavy (non-hydrogen) atoms. The average molecular weight is 358 g/mol. The van der Waals surface area contributed by atoms with Gasteiger partial charge < -0.3 is 10.1 Å². The lowest BCUT2D eigenvalue weighted by molar-refractivity contribution is 0.412. The van der Waals surface area contributed by atoms with Crippen LogP contribution in [0.15, 0.2) is 22.7 Å². The van der Waals surface area contributed by atoms with Crippen LogP contribution >= 0.6 is 27.7 Å². The van der Waals surface area contributed by atoms with Crippen molar-refractivity contribution in [2.45, 2.75) is 43.4 Å². The maximum absolute atomic E-state index is 5.28. The Bertz CT molecular complexity index is 421. The van der Waals surface area contributed by atoms with E-state index in [-0.39, 0.29) is 0 Å². The van der Waals surface area contributed by atoms with E-state index in [1.807, 2.05) is 6.07 Å². The van der Waals surface area contributed by atoms with E-state index < -0.39 is 0 Å². The van der Waals surface area contributed by atoms with E-state index in [9.17, 15) is 0 Å². The van der Waals surface area contributed by atoms with Gasteiger partial charge in [0.25, 0.3) is 0 Å². The minimum absolute atomic E-state index is 0.542. The Morgan fingerprint density at radius 2 is 2.15 bits per heavy atom. The van der Waals surface area contributed by atoms with E-state index in [1.54, 1.807) is 7.11 Å². The highest BCUT2D eigenvalue weighted by Gasteiger charge is 2.17. The first kappa shape index (κ1) is 16.2. The summed E-state index contributed by atoms with van der Waals surface area (Å²) in [5.74, 6) is 2.10. The standard InChI is InChI=1S/C16H24BrNOS/c1-18-13(11-20-14-5-3-4-6-14)9-12-7-8-16(19-2)15(17)10-12/h7-8,10,13-14,18H,3-6,9,11H2,1-2H3. The van der Waals surface area contributed by atoms with Crippen LogP contribution < -0.4 is 10.1 Å². The zero-order valence-corrected chi connectivity index (χ0v) is 14.7. The molecule has 1 saturated carbocycles. The number of halogens is 1. The molecule has 0 saturated heterocycles. The van der Waals surface area contributed by atoms with Gasteiger partial charge in [0.05, 0.1) is 11.6 Å². The van der Waals surface area contributed by atoms with Crippen molar-refractivity contribution in [3.63, 3.8) is 0 Å². The maximum atomic E-state index is 5.28. The molecule has 2 nitrogen and oxygen atoms in total. The van der Waals surface area contributed by atoms with Crippen LogP contribution in [0.25, 0.3) is 0 Å². The van der Waals surface area contributed by atoms with Crippen LogP contribution in [0.3, 0.4) is 0 Å². The molecule has 0 amide bonds. The minimum atomic E-state index is 0.542. The van der Waals surface area contributed by atoms with Crippen molar-refractivity contribution in [3.05, 3.63) is 28.2 Å². The molecule has 0 heterocycles. The molecule has 0 aliphatic heterocycles. The Morgan fingerprint density at radius 1 is 1.40 bits per heavy atom. The van der Waals surface area contributed by atoms with E-state index in [2.05, 4.69) is 52.2 Å². The third-order valence-corrected chi connectivity index (χ3v) is 6.10. The first-order chi connectivity index (χ1) is 9.72. The summed E-state index contributed by atoms with van der Waals surface area (Å²) in [6.45, 7) is 0. The van der Waals surface area contributed by atoms with Crippen LogP contribution in [-0.2, 0) is 6.42 Å². The molecule has 0 bridgehead atoms. The number of thioether (sulfide) groups is 1. The van der Waals surface area contributed by atoms with Crippen molar-refractivity contribution in [3.8, 4) is 5.75 Å². The lowest BCUT2D eigenvalue weighted by Crippen LogP contribution is -2.30. The number of hydrogen-bond donors (Lipinski definition) is 1. The summed E-state index contributed by atoms with van der Waals surface area (Å²) in [6, 6.07) is 6.91. The summed E-state index contributed by atoms with van der Waals surface area (Å²) >= 11 is 5.71. The Morgan fingerprint density at radius 3 is 2.75 bits per heavy atom. The summed E-state index contributed by atoms with van der Waals surface area (Å²) in [5.41, 5.74) is 1.35. The highest BCUT2D eigenvalue weighted by molar-refractivity contribution is 9.10. The molecular formula is C16H24BrNOS. The Kier molecular flexibility index (Phi) is 6.72. The summed E-state index contributed by atoms with van der Waals surface area (Å²) in [5, 5.41) is 4.35. The Hall–Kier alpha value is -0.190. The lowest BCUT2D eigenvalue weighted by Gasteiger charge is -2.18. The number of hydrogen-bond acceptors (Lipinski definition) is 3. The molecule has 1 aromatic carbocycles. The molecule has 1 N–H and O–H groups in total. The number of likely N-dealkylation sites (N-methyl/N-ethyl adjacent to an activating group) is 1. The summed E-state index contributed by atoms with van der Waals surface area (Å²) in [6.07, 6.45) is 6.74. The van der Waals surface area contributed by atoms with Crippen molar-refractivity contribution in [2.24, 2.45) is 0 Å². The van der Waals surface area contributed by atoms with Gasteiger partial charge in [0, 0.05) is 17.0 Å². The fraction of sp³-hybridized carbons (Fsp3) is 0.625. The van der Waals surface area contributed by atoms with Crippen molar-refractivity contribution < 1.29 is 4.74 Å². The van der Waals surface area contributed by atoms with E-state index in [0.29, 0.717) is 6.04 Å². The van der Waals surface area contributed by atoms with Gasteiger partial charge in [-0.25, -0.2) is 0 Å². The second-order valence-corrected chi connectivity index (χ2v) is 7.59. The van der Waals surface area contributed by atoms with Gasteiger partial charge >= 0.3 is 0 Å². The average Bonchev–Trinajstić information content (AvgIpc) is 2.97. The van der Waals surface area contributed by atoms with Crippen LogP contribution in [-0.4, -0.2) is 31.2 Å². The van der Waals surface area contributed by atoms with Gasteiger partial charge in [-0.2, -0.15) is 11.8 Å². The van der Waals surface area contributed by atoms with Gasteiger partial charge in [0.15, 0.2) is 0 Å². The predicted octanol–water partition coefficient (Wildman–Crippen LogP) is 4.26. The largest absolute Gasteiger partial charge is 0.496 e. The smallest absolute Gasteiger partial charge is 0.133 e. The number of rotatable bonds is 7. The topological polar surface area (TPSA) is 21.3 Å². The van der Waals surface area contributed by atoms with Crippen LogP contribution in [0, 0.1) is 0 Å². The van der Waals surface area contributed by atoms with E-state index in [0.717, 1.165) is 21.9 Å². The zero-order chi connectivity index (χ0) is 14.4. The predicted molar refractivity (Wildman–Crippen MR) is 92.0 cm³/mol. The molecule has 112 valence electrons. The summed E-state index contributed by atoms with van der Waals surface area (Å²) in [7, 11) is 3.77. The third kappa shape index (κ3) is 4.68. The third-order valence-electron chi connectivity index (χ3n) is 3.94. The van der Waals surface area contributed by atoms with E-state index >= 15 is 0 Å². The van der Waals surface area contributed by atoms with E-state index in [4.69, 9.17) is 4.74 Å². The van der Waals surface area contributed by atoms with Gasteiger partial charge in [-0.1, -0.05) is 18.9 Å². The van der Waals surface area contributed by atoms with Crippen molar-refractivity contribution in [2.75, 3.05) is 19.9 Å². The van der Waals surface area contributed by atoms with Gasteiger partial charge in [-0.15, -0.1) is 0 Å². The molecule has 0 spiro atoms. The molecule has 1 aromatic rings. The van der Waals surface area contributed by atoms with Crippen LogP contribution in [0.1, 0.15) is 31.2 Å². The number of benzene rings is 1. The molecule has 0 radical (unpaired) electrons. The second-order valence-electron chi connectivity index (χ2n) is 5.40. The zero-order valence-electron chi connectivity index (χ0n) is 12.3. The quantitative estimate of drug-likeness (QED) is 0.787. The normalized spacial score (nSPS) is 17.4. The lowest BCUT2D eigenvalue weighted by atomic mass is 10.1. The summed E-state index contributed by atoms with van der Waals surface area (Å²) in [4.78, 5) is 0. The van der Waals surface area contributed by atoms with Gasteiger partial charge in [-0.3, -0.25) is 0 Å². The fourth-order valence-electron chi connectivity index (χ4n) is 2.67. The van der Waals surface area contributed by atoms with Crippen molar-refractivity contribution in [1.29, 1.82) is 0 Å². The number of nitrogens with one attached hydrogen (secondary N) is 1. The maximum Gasteiger partial charge on any atom is 0.133 e. The molecule has 1 atom stereocenters. The van der Waals surface area contributed by atoms with Crippen molar-refractivity contribution in [1.82, 2.24) is 5.32 Å². The molecule has 1 unspecified atom stereocenters. The van der Waals surface area contributed by atoms with Crippen LogP contribution in [0.5, 0.6) is 5.75 Å². The van der Waals surface area contributed by atoms with Crippen molar-refractivity contribution >= 4 is 27.7 Å². The number of ether oxygens (including phenoxy) is 1. The Balaban J connectivity index is 1.86. The number of methoxy groups -OCH3 is 1. The SMILES string of the molecule is CNC(CSC1CCCC1)Cc1ccc(OC)c(Br)c1. The molecular weight excluding hydrogens is 334 g/mol. The van der Waals surface area contributed by atoms with Gasteiger partial charge in [0.1, 0.15) is 5.75 Å². The minimum Gasteiger partial charge on any atom is -0.496 e. The fourth-order valence-corrected chi connectivity index (χ4v) is 4.72. The molecule has 0 aromatic heterocycles.